The number of imidazole rings is 1. The predicted molar refractivity (Wildman–Crippen MR) is 68.4 cm³/mol. The number of ether oxygens (including phenoxy) is 1. The molecule has 0 bridgehead atoms. The molecule has 0 aromatic carbocycles. The molecule has 102 valence electrons. The average molecular weight is 274 g/mol. The highest BCUT2D eigenvalue weighted by molar-refractivity contribution is 7.89. The lowest BCUT2D eigenvalue weighted by Crippen LogP contribution is -2.29. The van der Waals surface area contributed by atoms with E-state index in [2.05, 4.69) is 16.3 Å². The summed E-state index contributed by atoms with van der Waals surface area (Å²) < 4.78 is 32.7. The van der Waals surface area contributed by atoms with Crippen LogP contribution in [0.15, 0.2) is 23.5 Å². The number of aromatic nitrogens is 2. The highest BCUT2D eigenvalue weighted by Gasteiger charge is 2.21. The van der Waals surface area contributed by atoms with Crippen LogP contribution in [0.2, 0.25) is 0 Å². The largest absolute Gasteiger partial charge is 0.381 e. The molecule has 0 radical (unpaired) electrons. The molecule has 1 aromatic rings. The fourth-order valence-corrected chi connectivity index (χ4v) is 2.57. The SMILES string of the molecule is C=C(C)COCCNS(=O)(=O)c1c(N)ncn1C. The van der Waals surface area contributed by atoms with Crippen molar-refractivity contribution in [2.45, 2.75) is 11.9 Å². The molecule has 0 saturated carbocycles. The molecule has 0 spiro atoms. The van der Waals surface area contributed by atoms with E-state index in [1.807, 2.05) is 6.92 Å². The smallest absolute Gasteiger partial charge is 0.260 e. The number of nitrogens with two attached hydrogens (primary N) is 1. The molecule has 0 aliphatic heterocycles. The summed E-state index contributed by atoms with van der Waals surface area (Å²) in [6.07, 6.45) is 1.35. The second-order valence-electron chi connectivity index (χ2n) is 3.95. The second kappa shape index (κ2) is 5.98. The first-order chi connectivity index (χ1) is 8.34. The van der Waals surface area contributed by atoms with E-state index >= 15 is 0 Å². The number of hydrogen-bond donors (Lipinski definition) is 2. The standard InChI is InChI=1S/C10H18N4O3S/c1-8(2)6-17-5-4-13-18(15,16)10-9(11)12-7-14(10)3/h7,13H,1,4-6,11H2,2-3H3. The van der Waals surface area contributed by atoms with E-state index in [0.717, 1.165) is 5.57 Å². The van der Waals surface area contributed by atoms with Gasteiger partial charge in [0.25, 0.3) is 10.0 Å². The summed E-state index contributed by atoms with van der Waals surface area (Å²) in [7, 11) is -2.09. The van der Waals surface area contributed by atoms with Gasteiger partial charge in [-0.3, -0.25) is 0 Å². The molecule has 0 saturated heterocycles. The molecule has 1 rings (SSSR count). The van der Waals surface area contributed by atoms with Crippen LogP contribution in [0.3, 0.4) is 0 Å². The summed E-state index contributed by atoms with van der Waals surface area (Å²) in [6, 6.07) is 0. The molecule has 8 heteroatoms. The van der Waals surface area contributed by atoms with Crippen LogP contribution in [0, 0.1) is 0 Å². The number of sulfonamides is 1. The third-order valence-corrected chi connectivity index (χ3v) is 3.64. The number of aryl methyl sites for hydroxylation is 1. The third-order valence-electron chi connectivity index (χ3n) is 2.05. The van der Waals surface area contributed by atoms with Crippen LogP contribution in [0.25, 0.3) is 0 Å². The van der Waals surface area contributed by atoms with Crippen LogP contribution in [0.1, 0.15) is 6.92 Å². The Kier molecular flexibility index (Phi) is 4.88. The van der Waals surface area contributed by atoms with Crippen molar-refractivity contribution in [2.24, 2.45) is 7.05 Å². The van der Waals surface area contributed by atoms with Crippen molar-refractivity contribution in [3.05, 3.63) is 18.5 Å². The van der Waals surface area contributed by atoms with Crippen LogP contribution in [-0.4, -0.2) is 37.7 Å². The molecular weight excluding hydrogens is 256 g/mol. The van der Waals surface area contributed by atoms with Gasteiger partial charge >= 0.3 is 0 Å². The molecule has 0 fully saturated rings. The normalized spacial score (nSPS) is 11.7. The first kappa shape index (κ1) is 14.7. The average Bonchev–Trinajstić information content (AvgIpc) is 2.57. The number of nitrogens with zero attached hydrogens (tertiary/aromatic N) is 2. The minimum Gasteiger partial charge on any atom is -0.381 e. The van der Waals surface area contributed by atoms with Gasteiger partial charge in [-0.05, 0) is 6.92 Å². The summed E-state index contributed by atoms with van der Waals surface area (Å²) in [5.74, 6) is -0.0205. The Labute approximate surface area is 107 Å². The van der Waals surface area contributed by atoms with Crippen molar-refractivity contribution in [3.63, 3.8) is 0 Å². The quantitative estimate of drug-likeness (QED) is 0.533. The summed E-state index contributed by atoms with van der Waals surface area (Å²) in [5, 5.41) is -0.0394. The summed E-state index contributed by atoms with van der Waals surface area (Å²) >= 11 is 0. The zero-order valence-electron chi connectivity index (χ0n) is 10.5. The van der Waals surface area contributed by atoms with E-state index in [0.29, 0.717) is 6.61 Å². The molecule has 0 aliphatic rings. The lowest BCUT2D eigenvalue weighted by atomic mass is 10.4. The monoisotopic (exact) mass is 274 g/mol. The van der Waals surface area contributed by atoms with Crippen LogP contribution in [0.5, 0.6) is 0 Å². The maximum absolute atomic E-state index is 11.9. The third kappa shape index (κ3) is 3.83. The number of rotatable bonds is 7. The van der Waals surface area contributed by atoms with Crippen LogP contribution >= 0.6 is 0 Å². The first-order valence-corrected chi connectivity index (χ1v) is 6.81. The van der Waals surface area contributed by atoms with Gasteiger partial charge in [0.05, 0.1) is 19.5 Å². The number of nitrogens with one attached hydrogen (secondary N) is 1. The van der Waals surface area contributed by atoms with E-state index in [1.165, 1.54) is 10.9 Å². The molecule has 0 unspecified atom stereocenters. The topological polar surface area (TPSA) is 99.2 Å². The second-order valence-corrected chi connectivity index (χ2v) is 5.64. The van der Waals surface area contributed by atoms with Gasteiger partial charge in [-0.2, -0.15) is 0 Å². The van der Waals surface area contributed by atoms with Crippen molar-refractivity contribution in [1.82, 2.24) is 14.3 Å². The van der Waals surface area contributed by atoms with Gasteiger partial charge in [0.15, 0.2) is 10.8 Å². The van der Waals surface area contributed by atoms with Crippen molar-refractivity contribution in [2.75, 3.05) is 25.5 Å². The van der Waals surface area contributed by atoms with E-state index in [9.17, 15) is 8.42 Å². The van der Waals surface area contributed by atoms with Crippen molar-refractivity contribution < 1.29 is 13.2 Å². The molecule has 1 heterocycles. The van der Waals surface area contributed by atoms with Gasteiger partial charge in [0.1, 0.15) is 0 Å². The molecule has 0 aliphatic carbocycles. The lowest BCUT2D eigenvalue weighted by molar-refractivity contribution is 0.162. The Balaban J connectivity index is 2.54. The van der Waals surface area contributed by atoms with Gasteiger partial charge in [-0.25, -0.2) is 18.1 Å². The Hall–Kier alpha value is -1.38. The van der Waals surface area contributed by atoms with Gasteiger partial charge in [0, 0.05) is 13.6 Å². The fraction of sp³-hybridized carbons (Fsp3) is 0.500. The van der Waals surface area contributed by atoms with Gasteiger partial charge in [-0.1, -0.05) is 12.2 Å². The highest BCUT2D eigenvalue weighted by Crippen LogP contribution is 2.14. The van der Waals surface area contributed by atoms with Crippen molar-refractivity contribution in [3.8, 4) is 0 Å². The zero-order valence-corrected chi connectivity index (χ0v) is 11.3. The maximum atomic E-state index is 11.9. The van der Waals surface area contributed by atoms with Crippen molar-refractivity contribution >= 4 is 15.8 Å². The summed E-state index contributed by atoms with van der Waals surface area (Å²) in [6.45, 7) is 6.35. The van der Waals surface area contributed by atoms with Crippen LogP contribution in [0.4, 0.5) is 5.82 Å². The maximum Gasteiger partial charge on any atom is 0.260 e. The van der Waals surface area contributed by atoms with E-state index in [4.69, 9.17) is 10.5 Å². The molecule has 7 nitrogen and oxygen atoms in total. The van der Waals surface area contributed by atoms with E-state index < -0.39 is 10.0 Å². The Morgan fingerprint density at radius 2 is 2.33 bits per heavy atom. The molecule has 0 atom stereocenters. The predicted octanol–water partition coefficient (Wildman–Crippen LogP) is -0.127. The van der Waals surface area contributed by atoms with E-state index in [-0.39, 0.29) is 24.0 Å². The summed E-state index contributed by atoms with van der Waals surface area (Å²) in [4.78, 5) is 3.73. The zero-order chi connectivity index (χ0) is 13.8. The van der Waals surface area contributed by atoms with Crippen LogP contribution < -0.4 is 10.5 Å². The lowest BCUT2D eigenvalue weighted by Gasteiger charge is -2.08. The highest BCUT2D eigenvalue weighted by atomic mass is 32.2. The molecule has 1 aromatic heterocycles. The Morgan fingerprint density at radius 1 is 1.67 bits per heavy atom. The Morgan fingerprint density at radius 3 is 2.83 bits per heavy atom. The minimum absolute atomic E-state index is 0.0205. The van der Waals surface area contributed by atoms with Gasteiger partial charge < -0.3 is 15.0 Å². The van der Waals surface area contributed by atoms with Crippen LogP contribution in [-0.2, 0) is 21.8 Å². The first-order valence-electron chi connectivity index (χ1n) is 5.33. The fourth-order valence-electron chi connectivity index (χ4n) is 1.33. The number of anilines is 1. The molecular formula is C10H18N4O3S. The minimum atomic E-state index is -3.66. The number of nitrogen functional groups attached to an aromatic ring is 1. The summed E-state index contributed by atoms with van der Waals surface area (Å²) in [5.41, 5.74) is 6.39. The molecule has 3 N–H and O–H groups in total. The van der Waals surface area contributed by atoms with Gasteiger partial charge in [0.2, 0.25) is 0 Å². The van der Waals surface area contributed by atoms with Crippen molar-refractivity contribution in [1.29, 1.82) is 0 Å². The van der Waals surface area contributed by atoms with Gasteiger partial charge in [-0.15, -0.1) is 0 Å². The molecule has 18 heavy (non-hydrogen) atoms. The Bertz CT molecular complexity index is 502. The number of hydrogen-bond acceptors (Lipinski definition) is 5. The molecule has 0 amide bonds. The van der Waals surface area contributed by atoms with E-state index in [1.54, 1.807) is 7.05 Å².